The smallest absolute Gasteiger partial charge is 0.237 e. The molecule has 0 saturated heterocycles. The first kappa shape index (κ1) is 11.0. The first-order chi connectivity index (χ1) is 7.33. The Morgan fingerprint density at radius 1 is 1.47 bits per heavy atom. The van der Waals surface area contributed by atoms with E-state index in [1.54, 1.807) is 5.48 Å². The Labute approximate surface area is 87.0 Å². The van der Waals surface area contributed by atoms with Crippen molar-refractivity contribution in [1.82, 2.24) is 5.48 Å². The highest BCUT2D eigenvalue weighted by Crippen LogP contribution is 2.06. The molecule has 0 aliphatic rings. The summed E-state index contributed by atoms with van der Waals surface area (Å²) in [7, 11) is 0. The van der Waals surface area contributed by atoms with Gasteiger partial charge < -0.3 is 10.5 Å². The van der Waals surface area contributed by atoms with Gasteiger partial charge in [0.05, 0.1) is 6.21 Å². The van der Waals surface area contributed by atoms with Crippen LogP contribution in [0.15, 0.2) is 40.5 Å². The lowest BCUT2D eigenvalue weighted by atomic mass is 10.3. The fourth-order valence-corrected chi connectivity index (χ4v) is 0.809. The third-order valence-electron chi connectivity index (χ3n) is 1.43. The van der Waals surface area contributed by atoms with Gasteiger partial charge in [0, 0.05) is 0 Å². The van der Waals surface area contributed by atoms with E-state index in [-0.39, 0.29) is 12.6 Å². The topological polar surface area (TPSA) is 92.2 Å². The van der Waals surface area contributed by atoms with Gasteiger partial charge in [-0.3, -0.25) is 5.21 Å². The number of nitrogens with one attached hydrogen (secondary N) is 1. The zero-order chi connectivity index (χ0) is 10.9. The highest BCUT2D eigenvalue weighted by molar-refractivity contribution is 5.77. The van der Waals surface area contributed by atoms with Crippen molar-refractivity contribution in [2.45, 2.75) is 0 Å². The summed E-state index contributed by atoms with van der Waals surface area (Å²) in [5.74, 6) is 0.576. The maximum atomic E-state index is 8.26. The molecule has 0 radical (unpaired) electrons. The van der Waals surface area contributed by atoms with Gasteiger partial charge in [-0.25, -0.2) is 5.48 Å². The minimum Gasteiger partial charge on any atom is -0.488 e. The van der Waals surface area contributed by atoms with Crippen molar-refractivity contribution in [3.8, 4) is 5.75 Å². The lowest BCUT2D eigenvalue weighted by Gasteiger charge is -2.00. The van der Waals surface area contributed by atoms with Crippen LogP contribution < -0.4 is 16.0 Å². The van der Waals surface area contributed by atoms with E-state index in [0.29, 0.717) is 0 Å². The van der Waals surface area contributed by atoms with Gasteiger partial charge in [0.1, 0.15) is 12.4 Å². The van der Waals surface area contributed by atoms with Crippen LogP contribution in [0.3, 0.4) is 0 Å². The Kier molecular flexibility index (Phi) is 4.68. The molecule has 4 N–H and O–H groups in total. The molecule has 0 aliphatic carbocycles. The maximum absolute atomic E-state index is 8.26. The summed E-state index contributed by atoms with van der Waals surface area (Å²) in [5, 5.41) is 15.2. The third kappa shape index (κ3) is 4.63. The molecular formula is C9H12N4O2. The largest absolute Gasteiger partial charge is 0.488 e. The van der Waals surface area contributed by atoms with Crippen LogP contribution in [0.5, 0.6) is 5.75 Å². The average Bonchev–Trinajstić information content (AvgIpc) is 2.29. The predicted molar refractivity (Wildman–Crippen MR) is 57.0 cm³/mol. The maximum Gasteiger partial charge on any atom is 0.237 e. The van der Waals surface area contributed by atoms with Gasteiger partial charge in [0.25, 0.3) is 0 Å². The Morgan fingerprint density at radius 3 is 2.87 bits per heavy atom. The molecule has 0 saturated carbocycles. The number of guanidine groups is 1. The van der Waals surface area contributed by atoms with Crippen molar-refractivity contribution in [3.05, 3.63) is 30.3 Å². The van der Waals surface area contributed by atoms with Crippen LogP contribution >= 0.6 is 0 Å². The molecule has 0 unspecified atom stereocenters. The second kappa shape index (κ2) is 6.39. The normalized spacial score (nSPS) is 11.7. The SMILES string of the molecule is NC(=NN=CCOc1ccccc1)NO. The van der Waals surface area contributed by atoms with E-state index in [0.717, 1.165) is 5.75 Å². The van der Waals surface area contributed by atoms with Crippen molar-refractivity contribution >= 4 is 12.2 Å². The molecule has 0 spiro atoms. The second-order valence-electron chi connectivity index (χ2n) is 2.52. The number of hydrogen-bond donors (Lipinski definition) is 3. The van der Waals surface area contributed by atoms with Crippen molar-refractivity contribution in [2.24, 2.45) is 15.9 Å². The molecular weight excluding hydrogens is 196 g/mol. The van der Waals surface area contributed by atoms with Crippen LogP contribution in [0.25, 0.3) is 0 Å². The zero-order valence-corrected chi connectivity index (χ0v) is 8.00. The molecule has 1 aromatic carbocycles. The van der Waals surface area contributed by atoms with Gasteiger partial charge in [-0.2, -0.15) is 5.10 Å². The molecule has 0 fully saturated rings. The summed E-state index contributed by atoms with van der Waals surface area (Å²) in [6, 6.07) is 9.32. The lowest BCUT2D eigenvalue weighted by Crippen LogP contribution is -2.27. The highest BCUT2D eigenvalue weighted by atomic mass is 16.5. The van der Waals surface area contributed by atoms with E-state index in [1.165, 1.54) is 6.21 Å². The Morgan fingerprint density at radius 2 is 2.20 bits per heavy atom. The lowest BCUT2D eigenvalue weighted by molar-refractivity contribution is 0.232. The van der Waals surface area contributed by atoms with Crippen LogP contribution in [0.2, 0.25) is 0 Å². The summed E-state index contributed by atoms with van der Waals surface area (Å²) in [6.45, 7) is 0.284. The minimum absolute atomic E-state index is 0.175. The van der Waals surface area contributed by atoms with Crippen molar-refractivity contribution in [2.75, 3.05) is 6.61 Å². The molecule has 6 heteroatoms. The van der Waals surface area contributed by atoms with Crippen LogP contribution in [-0.2, 0) is 0 Å². The highest BCUT2D eigenvalue weighted by Gasteiger charge is 1.87. The molecule has 0 atom stereocenters. The average molecular weight is 208 g/mol. The van der Waals surface area contributed by atoms with Crippen molar-refractivity contribution < 1.29 is 9.94 Å². The van der Waals surface area contributed by atoms with Gasteiger partial charge in [0.2, 0.25) is 5.96 Å². The van der Waals surface area contributed by atoms with Crippen LogP contribution in [0.1, 0.15) is 0 Å². The predicted octanol–water partition coefficient (Wildman–Crippen LogP) is 0.345. The van der Waals surface area contributed by atoms with Gasteiger partial charge in [-0.05, 0) is 12.1 Å². The number of para-hydroxylation sites is 1. The molecule has 1 aromatic rings. The first-order valence-electron chi connectivity index (χ1n) is 4.26. The second-order valence-corrected chi connectivity index (χ2v) is 2.52. The molecule has 0 aromatic heterocycles. The Balaban J connectivity index is 2.28. The summed E-state index contributed by atoms with van der Waals surface area (Å²) in [5.41, 5.74) is 6.75. The van der Waals surface area contributed by atoms with Gasteiger partial charge in [0.15, 0.2) is 0 Å². The number of hydroxylamine groups is 1. The van der Waals surface area contributed by atoms with Gasteiger partial charge in [-0.1, -0.05) is 18.2 Å². The molecule has 1 rings (SSSR count). The molecule has 0 heterocycles. The van der Waals surface area contributed by atoms with E-state index in [1.807, 2.05) is 30.3 Å². The van der Waals surface area contributed by atoms with Crippen molar-refractivity contribution in [3.63, 3.8) is 0 Å². The summed E-state index contributed by atoms with van der Waals surface area (Å²) in [6.07, 6.45) is 1.43. The number of benzene rings is 1. The Hall–Kier alpha value is -2.08. The molecule has 80 valence electrons. The monoisotopic (exact) mass is 208 g/mol. The number of rotatable bonds is 4. The van der Waals surface area contributed by atoms with Crippen LogP contribution in [-0.4, -0.2) is 24.0 Å². The molecule has 0 bridgehead atoms. The quantitative estimate of drug-likeness (QED) is 0.378. The standard InChI is InChI=1S/C9H12N4O2/c10-9(13-14)12-11-6-7-15-8-4-2-1-3-5-8/h1-6,14H,7H2,(H3,10,12,13). The van der Waals surface area contributed by atoms with E-state index >= 15 is 0 Å². The number of hydrogen-bond acceptors (Lipinski definition) is 4. The van der Waals surface area contributed by atoms with Crippen LogP contribution in [0.4, 0.5) is 0 Å². The summed E-state index contributed by atoms with van der Waals surface area (Å²) >= 11 is 0. The van der Waals surface area contributed by atoms with E-state index in [2.05, 4.69) is 10.2 Å². The Bertz CT molecular complexity index is 337. The fourth-order valence-electron chi connectivity index (χ4n) is 0.809. The first-order valence-corrected chi connectivity index (χ1v) is 4.26. The minimum atomic E-state index is -0.175. The molecule has 0 amide bonds. The fraction of sp³-hybridized carbons (Fsp3) is 0.111. The number of ether oxygens (including phenoxy) is 1. The molecule has 6 nitrogen and oxygen atoms in total. The van der Waals surface area contributed by atoms with E-state index in [9.17, 15) is 0 Å². The van der Waals surface area contributed by atoms with Gasteiger partial charge >= 0.3 is 0 Å². The third-order valence-corrected chi connectivity index (χ3v) is 1.43. The summed E-state index contributed by atoms with van der Waals surface area (Å²) < 4.78 is 5.28. The van der Waals surface area contributed by atoms with E-state index < -0.39 is 0 Å². The van der Waals surface area contributed by atoms with Gasteiger partial charge in [-0.15, -0.1) is 5.10 Å². The number of nitrogens with two attached hydrogens (primary N) is 1. The molecule has 0 aliphatic heterocycles. The number of nitrogens with zero attached hydrogens (tertiary/aromatic N) is 2. The summed E-state index contributed by atoms with van der Waals surface area (Å²) in [4.78, 5) is 0. The zero-order valence-electron chi connectivity index (χ0n) is 8.00. The van der Waals surface area contributed by atoms with E-state index in [4.69, 9.17) is 15.7 Å². The van der Waals surface area contributed by atoms with Crippen LogP contribution in [0, 0.1) is 0 Å². The van der Waals surface area contributed by atoms with Crippen molar-refractivity contribution in [1.29, 1.82) is 0 Å². The molecule has 15 heavy (non-hydrogen) atoms.